The molecule has 5 nitrogen and oxygen atoms in total. The fraction of sp³-hybridized carbons (Fsp3) is 0.375. The van der Waals surface area contributed by atoms with Gasteiger partial charge in [-0.2, -0.15) is 31.4 Å². The van der Waals surface area contributed by atoms with E-state index in [1.165, 1.54) is 6.92 Å². The molecule has 1 amide bonds. The highest BCUT2D eigenvalue weighted by Crippen LogP contribution is 2.42. The average molecular weight is 462 g/mol. The first-order chi connectivity index (χ1) is 13.3. The first kappa shape index (κ1) is 23.4. The molecule has 1 aromatic carbocycles. The van der Waals surface area contributed by atoms with Gasteiger partial charge in [-0.1, -0.05) is 11.6 Å². The van der Waals surface area contributed by atoms with Crippen molar-refractivity contribution in [3.8, 4) is 5.69 Å². The molecule has 0 bridgehead atoms. The Hall–Kier alpha value is -1.92. The number of carbonyl (C=O) groups is 1. The van der Waals surface area contributed by atoms with E-state index in [2.05, 4.69) is 10.4 Å². The van der Waals surface area contributed by atoms with Gasteiger partial charge in [0.25, 0.3) is 5.91 Å². The second-order valence-electron chi connectivity index (χ2n) is 5.62. The summed E-state index contributed by atoms with van der Waals surface area (Å²) in [6, 6.07) is 1.42. The van der Waals surface area contributed by atoms with Crippen LogP contribution in [-0.2, 0) is 15.7 Å². The second kappa shape index (κ2) is 8.84. The molecule has 0 spiro atoms. The van der Waals surface area contributed by atoms with E-state index < -0.39 is 51.4 Å². The predicted molar refractivity (Wildman–Crippen MR) is 95.3 cm³/mol. The lowest BCUT2D eigenvalue weighted by atomic mass is 10.1. The maximum atomic E-state index is 13.0. The van der Waals surface area contributed by atoms with Gasteiger partial charge in [-0.25, -0.2) is 4.68 Å². The Morgan fingerprint density at radius 2 is 1.93 bits per heavy atom. The van der Waals surface area contributed by atoms with Crippen molar-refractivity contribution in [2.24, 2.45) is 0 Å². The zero-order chi connectivity index (χ0) is 22.0. The van der Waals surface area contributed by atoms with Crippen LogP contribution in [0, 0.1) is 6.92 Å². The fourth-order valence-corrected chi connectivity index (χ4v) is 3.28. The number of carbonyl (C=O) groups excluding carboxylic acids is 1. The summed E-state index contributed by atoms with van der Waals surface area (Å²) in [6.07, 6.45) is -3.83. The normalized spacial score (nSPS) is 12.3. The lowest BCUT2D eigenvalue weighted by molar-refractivity contribution is -0.137. The SMILES string of the molecule is CCOCC(=O)Nc1c(SC(F)(F)F)cnn1-c1c(C)cc(C(F)(F)F)cc1Cl. The maximum absolute atomic E-state index is 13.0. The molecule has 0 fully saturated rings. The largest absolute Gasteiger partial charge is 0.446 e. The van der Waals surface area contributed by atoms with Crippen LogP contribution in [0.4, 0.5) is 32.2 Å². The minimum Gasteiger partial charge on any atom is -0.372 e. The van der Waals surface area contributed by atoms with E-state index in [4.69, 9.17) is 16.3 Å². The highest BCUT2D eigenvalue weighted by Gasteiger charge is 2.34. The molecule has 160 valence electrons. The van der Waals surface area contributed by atoms with Gasteiger partial charge in [0, 0.05) is 6.61 Å². The molecule has 13 heteroatoms. The molecule has 29 heavy (non-hydrogen) atoms. The Bertz CT molecular complexity index is 875. The first-order valence-corrected chi connectivity index (χ1v) is 9.12. The first-order valence-electron chi connectivity index (χ1n) is 7.92. The summed E-state index contributed by atoms with van der Waals surface area (Å²) in [4.78, 5) is 11.5. The van der Waals surface area contributed by atoms with Gasteiger partial charge in [-0.3, -0.25) is 4.79 Å². The monoisotopic (exact) mass is 461 g/mol. The average Bonchev–Trinajstić information content (AvgIpc) is 2.92. The number of alkyl halides is 6. The highest BCUT2D eigenvalue weighted by molar-refractivity contribution is 8.00. The molecule has 2 rings (SSSR count). The molecule has 0 unspecified atom stereocenters. The summed E-state index contributed by atoms with van der Waals surface area (Å²) in [5.74, 6) is -1.15. The topological polar surface area (TPSA) is 56.1 Å². The smallest absolute Gasteiger partial charge is 0.372 e. The number of hydrogen-bond acceptors (Lipinski definition) is 4. The van der Waals surface area contributed by atoms with E-state index >= 15 is 0 Å². The number of thioether (sulfide) groups is 1. The Morgan fingerprint density at radius 3 is 2.45 bits per heavy atom. The zero-order valence-electron chi connectivity index (χ0n) is 14.9. The predicted octanol–water partition coefficient (Wildman–Crippen LogP) is 5.44. The Kier molecular flexibility index (Phi) is 7.12. The number of rotatable bonds is 6. The molecule has 0 radical (unpaired) electrons. The van der Waals surface area contributed by atoms with Crippen LogP contribution in [0.5, 0.6) is 0 Å². The molecule has 0 saturated carbocycles. The van der Waals surface area contributed by atoms with Gasteiger partial charge in [0.15, 0.2) is 5.82 Å². The van der Waals surface area contributed by atoms with Crippen LogP contribution in [0.1, 0.15) is 18.1 Å². The summed E-state index contributed by atoms with van der Waals surface area (Å²) in [5, 5.41) is 5.64. The molecule has 0 aliphatic carbocycles. The van der Waals surface area contributed by atoms with Crippen LogP contribution in [0.15, 0.2) is 23.2 Å². The summed E-state index contributed by atoms with van der Waals surface area (Å²) in [5.41, 5.74) is -5.81. The molecule has 0 saturated heterocycles. The Labute approximate surface area is 170 Å². The van der Waals surface area contributed by atoms with Crippen molar-refractivity contribution in [3.05, 3.63) is 34.5 Å². The zero-order valence-corrected chi connectivity index (χ0v) is 16.5. The number of hydrogen-bond donors (Lipinski definition) is 1. The maximum Gasteiger partial charge on any atom is 0.446 e. The van der Waals surface area contributed by atoms with Gasteiger partial charge in [0.2, 0.25) is 0 Å². The lowest BCUT2D eigenvalue weighted by Gasteiger charge is -2.16. The van der Waals surface area contributed by atoms with Crippen molar-refractivity contribution in [1.29, 1.82) is 0 Å². The van der Waals surface area contributed by atoms with Crippen LogP contribution >= 0.6 is 23.4 Å². The van der Waals surface area contributed by atoms with E-state index in [0.717, 1.165) is 16.9 Å². The molecule has 0 aliphatic rings. The van der Waals surface area contributed by atoms with Gasteiger partial charge < -0.3 is 10.1 Å². The molecular weight excluding hydrogens is 448 g/mol. The van der Waals surface area contributed by atoms with Gasteiger partial charge in [0.05, 0.1) is 27.4 Å². The summed E-state index contributed by atoms with van der Waals surface area (Å²) >= 11 is 5.45. The Balaban J connectivity index is 2.56. The molecular formula is C16H14ClF6N3O2S. The third-order valence-corrected chi connectivity index (χ3v) is 4.49. The fourth-order valence-electron chi connectivity index (χ4n) is 2.35. The van der Waals surface area contributed by atoms with Crippen molar-refractivity contribution in [2.45, 2.75) is 30.4 Å². The number of aromatic nitrogens is 2. The molecule has 1 aromatic heterocycles. The van der Waals surface area contributed by atoms with Crippen LogP contribution in [-0.4, -0.2) is 34.4 Å². The highest BCUT2D eigenvalue weighted by atomic mass is 35.5. The molecule has 0 aliphatic heterocycles. The van der Waals surface area contributed by atoms with Gasteiger partial charge in [0.1, 0.15) is 6.61 Å². The van der Waals surface area contributed by atoms with Crippen molar-refractivity contribution in [1.82, 2.24) is 9.78 Å². The standard InChI is InChI=1S/C16H14ClF6N3O2S/c1-3-28-7-12(27)25-14-11(29-16(21,22)23)6-24-26(14)13-8(2)4-9(5-10(13)17)15(18,19)20/h4-6H,3,7H2,1-2H3,(H,25,27). The second-order valence-corrected chi connectivity index (χ2v) is 7.14. The molecule has 2 aromatic rings. The van der Waals surface area contributed by atoms with E-state index in [9.17, 15) is 31.1 Å². The van der Waals surface area contributed by atoms with Crippen LogP contribution in [0.3, 0.4) is 0 Å². The molecule has 1 N–H and O–H groups in total. The number of aryl methyl sites for hydroxylation is 1. The number of benzene rings is 1. The van der Waals surface area contributed by atoms with Crippen LogP contribution in [0.2, 0.25) is 5.02 Å². The Morgan fingerprint density at radius 1 is 1.28 bits per heavy atom. The number of ether oxygens (including phenoxy) is 1. The summed E-state index contributed by atoms with van der Waals surface area (Å²) in [7, 11) is 0. The van der Waals surface area contributed by atoms with Crippen molar-refractivity contribution in [2.75, 3.05) is 18.5 Å². The van der Waals surface area contributed by atoms with Crippen molar-refractivity contribution < 1.29 is 35.9 Å². The molecule has 0 atom stereocenters. The van der Waals surface area contributed by atoms with Gasteiger partial charge >= 0.3 is 11.7 Å². The number of halogens is 7. The number of anilines is 1. The quantitative estimate of drug-likeness (QED) is 0.460. The third kappa shape index (κ3) is 6.03. The summed E-state index contributed by atoms with van der Waals surface area (Å²) < 4.78 is 83.2. The van der Waals surface area contributed by atoms with E-state index in [1.807, 2.05) is 0 Å². The lowest BCUT2D eigenvalue weighted by Crippen LogP contribution is -2.21. The summed E-state index contributed by atoms with van der Waals surface area (Å²) in [6.45, 7) is 2.67. The van der Waals surface area contributed by atoms with Crippen molar-refractivity contribution >= 4 is 35.1 Å². The van der Waals surface area contributed by atoms with E-state index in [1.54, 1.807) is 6.92 Å². The number of amides is 1. The third-order valence-electron chi connectivity index (χ3n) is 3.45. The van der Waals surface area contributed by atoms with Crippen molar-refractivity contribution in [3.63, 3.8) is 0 Å². The molecule has 1 heterocycles. The van der Waals surface area contributed by atoms with E-state index in [-0.39, 0.29) is 23.7 Å². The minimum atomic E-state index is -4.69. The van der Waals surface area contributed by atoms with Crippen LogP contribution in [0.25, 0.3) is 5.69 Å². The minimum absolute atomic E-state index is 0.00297. The van der Waals surface area contributed by atoms with E-state index in [0.29, 0.717) is 6.07 Å². The number of nitrogens with one attached hydrogen (secondary N) is 1. The van der Waals surface area contributed by atoms with Gasteiger partial charge in [-0.05, 0) is 43.3 Å². The van der Waals surface area contributed by atoms with Crippen LogP contribution < -0.4 is 5.32 Å². The number of nitrogens with zero attached hydrogens (tertiary/aromatic N) is 2. The van der Waals surface area contributed by atoms with Gasteiger partial charge in [-0.15, -0.1) is 0 Å².